The zero-order valence-electron chi connectivity index (χ0n) is 33.8. The van der Waals surface area contributed by atoms with E-state index < -0.39 is 0 Å². The number of hydrogen-bond acceptors (Lipinski definition) is 2. The lowest BCUT2D eigenvalue weighted by Gasteiger charge is -2.32. The van der Waals surface area contributed by atoms with Crippen molar-refractivity contribution in [3.63, 3.8) is 0 Å². The standard InChI is InChI=1S/C58H39N3S/c1-2-15-41(16-3-1)61-52-21-9-6-17-47(52)48-33-26-40(36-55(48)61)46-20-12-23-54-58(46)50-19-7-10-22-53(50)60(54)43-30-28-42(29-31-43)59(44-27-25-38-13-4-5-14-39(38)35-44)45-32-34-57-51(37-45)49-18-8-11-24-56(49)62-57/h1-34,36-37,39H,35H2. The third-order valence-corrected chi connectivity index (χ3v) is 14.2. The molecule has 3 nitrogen and oxygen atoms in total. The summed E-state index contributed by atoms with van der Waals surface area (Å²) in [5.74, 6) is 0.363. The van der Waals surface area contributed by atoms with Gasteiger partial charge in [-0.05, 0) is 114 Å². The van der Waals surface area contributed by atoms with Crippen molar-refractivity contribution in [1.29, 1.82) is 0 Å². The molecule has 0 amide bonds. The number of rotatable bonds is 6. The first kappa shape index (κ1) is 35.1. The van der Waals surface area contributed by atoms with Crippen LogP contribution in [0.25, 0.3) is 86.3 Å². The molecule has 1 atom stereocenters. The van der Waals surface area contributed by atoms with E-state index in [1.165, 1.54) is 91.9 Å². The Morgan fingerprint density at radius 1 is 0.468 bits per heavy atom. The first-order chi connectivity index (χ1) is 30.7. The minimum Gasteiger partial charge on any atom is -0.314 e. The van der Waals surface area contributed by atoms with Gasteiger partial charge in [-0.2, -0.15) is 0 Å². The summed E-state index contributed by atoms with van der Waals surface area (Å²) >= 11 is 1.87. The maximum absolute atomic E-state index is 2.48. The summed E-state index contributed by atoms with van der Waals surface area (Å²) in [5.41, 5.74) is 14.5. The van der Waals surface area contributed by atoms with Crippen molar-refractivity contribution in [2.24, 2.45) is 5.92 Å². The summed E-state index contributed by atoms with van der Waals surface area (Å²) in [4.78, 5) is 2.48. The second-order valence-electron chi connectivity index (χ2n) is 16.5. The maximum Gasteiger partial charge on any atom is 0.0547 e. The Morgan fingerprint density at radius 2 is 1.15 bits per heavy atom. The molecule has 3 heterocycles. The molecule has 0 saturated carbocycles. The molecule has 3 aromatic heterocycles. The van der Waals surface area contributed by atoms with Gasteiger partial charge in [0.05, 0.1) is 22.1 Å². The molecule has 0 radical (unpaired) electrons. The molecule has 292 valence electrons. The van der Waals surface area contributed by atoms with E-state index in [-0.39, 0.29) is 0 Å². The number of allylic oxidation sites excluding steroid dienone is 8. The minimum absolute atomic E-state index is 0.363. The number of fused-ring (bicyclic) bond motifs is 10. The topological polar surface area (TPSA) is 13.1 Å². The Balaban J connectivity index is 0.958. The van der Waals surface area contributed by atoms with Crippen LogP contribution in [0.1, 0.15) is 6.42 Å². The largest absolute Gasteiger partial charge is 0.314 e. The Bertz CT molecular complexity index is 3720. The molecule has 0 saturated heterocycles. The zero-order valence-corrected chi connectivity index (χ0v) is 34.6. The highest BCUT2D eigenvalue weighted by atomic mass is 32.1. The number of benzene rings is 8. The highest BCUT2D eigenvalue weighted by molar-refractivity contribution is 7.25. The van der Waals surface area contributed by atoms with Crippen molar-refractivity contribution >= 4 is 86.5 Å². The van der Waals surface area contributed by atoms with Gasteiger partial charge < -0.3 is 14.0 Å². The van der Waals surface area contributed by atoms with E-state index in [1.807, 2.05) is 11.3 Å². The second-order valence-corrected chi connectivity index (χ2v) is 17.6. The van der Waals surface area contributed by atoms with E-state index in [2.05, 4.69) is 232 Å². The fourth-order valence-corrected chi connectivity index (χ4v) is 11.3. The number of aromatic nitrogens is 2. The van der Waals surface area contributed by atoms with Crippen molar-refractivity contribution in [3.05, 3.63) is 230 Å². The molecular formula is C58H39N3S. The van der Waals surface area contributed by atoms with Gasteiger partial charge in [0, 0.05) is 76.1 Å². The van der Waals surface area contributed by atoms with Crippen LogP contribution in [-0.4, -0.2) is 9.13 Å². The molecule has 4 heteroatoms. The van der Waals surface area contributed by atoms with Crippen LogP contribution in [0, 0.1) is 5.92 Å². The molecule has 0 N–H and O–H groups in total. The molecule has 62 heavy (non-hydrogen) atoms. The van der Waals surface area contributed by atoms with Crippen LogP contribution < -0.4 is 4.90 Å². The number of hydrogen-bond donors (Lipinski definition) is 0. The Morgan fingerprint density at radius 3 is 2.02 bits per heavy atom. The minimum atomic E-state index is 0.363. The molecule has 8 aromatic carbocycles. The van der Waals surface area contributed by atoms with Gasteiger partial charge in [-0.1, -0.05) is 127 Å². The Kier molecular flexibility index (Phi) is 7.91. The van der Waals surface area contributed by atoms with E-state index in [1.54, 1.807) is 0 Å². The van der Waals surface area contributed by atoms with Gasteiger partial charge in [-0.3, -0.25) is 0 Å². The average molecular weight is 810 g/mol. The van der Waals surface area contributed by atoms with Gasteiger partial charge in [0.15, 0.2) is 0 Å². The molecule has 13 rings (SSSR count). The normalized spacial score (nSPS) is 14.9. The SMILES string of the molecule is C1=CC2=CC=C(N(c3ccc(-n4c5ccccc5c5c(-c6ccc7c8ccccc8n(-c8ccccc8)c7c6)cccc54)cc3)c3ccc4sc5ccccc5c4c3)CC2C=C1. The first-order valence-electron chi connectivity index (χ1n) is 21.4. The summed E-state index contributed by atoms with van der Waals surface area (Å²) in [7, 11) is 0. The van der Waals surface area contributed by atoms with E-state index in [0.717, 1.165) is 23.5 Å². The van der Waals surface area contributed by atoms with Crippen molar-refractivity contribution < 1.29 is 0 Å². The van der Waals surface area contributed by atoms with E-state index in [9.17, 15) is 0 Å². The van der Waals surface area contributed by atoms with Crippen LogP contribution in [0.15, 0.2) is 230 Å². The molecule has 0 fully saturated rings. The van der Waals surface area contributed by atoms with Crippen molar-refractivity contribution in [3.8, 4) is 22.5 Å². The second kappa shape index (κ2) is 14.0. The maximum atomic E-state index is 2.48. The molecular weight excluding hydrogens is 771 g/mol. The molecule has 1 unspecified atom stereocenters. The Hall–Kier alpha value is -7.66. The van der Waals surface area contributed by atoms with Crippen LogP contribution in [0.4, 0.5) is 11.4 Å². The van der Waals surface area contributed by atoms with E-state index >= 15 is 0 Å². The third-order valence-electron chi connectivity index (χ3n) is 13.0. The zero-order chi connectivity index (χ0) is 40.7. The average Bonchev–Trinajstić information content (AvgIpc) is 3.99. The van der Waals surface area contributed by atoms with Gasteiger partial charge >= 0.3 is 0 Å². The summed E-state index contributed by atoms with van der Waals surface area (Å²) in [5, 5.41) is 7.64. The van der Waals surface area contributed by atoms with Crippen molar-refractivity contribution in [1.82, 2.24) is 9.13 Å². The van der Waals surface area contributed by atoms with Crippen LogP contribution in [0.3, 0.4) is 0 Å². The lowest BCUT2D eigenvalue weighted by atomic mass is 9.86. The predicted molar refractivity (Wildman–Crippen MR) is 265 cm³/mol. The lowest BCUT2D eigenvalue weighted by Crippen LogP contribution is -2.21. The molecule has 11 aromatic rings. The lowest BCUT2D eigenvalue weighted by molar-refractivity contribution is 0.732. The fraction of sp³-hybridized carbons (Fsp3) is 0.0345. The quantitative estimate of drug-likeness (QED) is 0.163. The van der Waals surface area contributed by atoms with Gasteiger partial charge in [0.2, 0.25) is 0 Å². The number of thiophene rings is 1. The molecule has 2 aliphatic carbocycles. The summed E-state index contributed by atoms with van der Waals surface area (Å²) in [6.45, 7) is 0. The predicted octanol–water partition coefficient (Wildman–Crippen LogP) is 16.0. The van der Waals surface area contributed by atoms with Crippen LogP contribution in [0.5, 0.6) is 0 Å². The highest BCUT2D eigenvalue weighted by Gasteiger charge is 2.24. The molecule has 0 spiro atoms. The third kappa shape index (κ3) is 5.43. The molecule has 0 bridgehead atoms. The van der Waals surface area contributed by atoms with E-state index in [4.69, 9.17) is 0 Å². The number of para-hydroxylation sites is 3. The van der Waals surface area contributed by atoms with Crippen LogP contribution in [-0.2, 0) is 0 Å². The Labute approximate surface area is 363 Å². The summed E-state index contributed by atoms with van der Waals surface area (Å²) in [6.07, 6.45) is 14.5. The first-order valence-corrected chi connectivity index (χ1v) is 22.3. The molecule has 2 aliphatic rings. The summed E-state index contributed by atoms with van der Waals surface area (Å²) < 4.78 is 7.49. The van der Waals surface area contributed by atoms with Crippen LogP contribution >= 0.6 is 11.3 Å². The van der Waals surface area contributed by atoms with Crippen LogP contribution in [0.2, 0.25) is 0 Å². The summed E-state index contributed by atoms with van der Waals surface area (Å²) in [6, 6.07) is 67.2. The van der Waals surface area contributed by atoms with Gasteiger partial charge in [-0.15, -0.1) is 11.3 Å². The van der Waals surface area contributed by atoms with Gasteiger partial charge in [-0.25, -0.2) is 0 Å². The monoisotopic (exact) mass is 809 g/mol. The smallest absolute Gasteiger partial charge is 0.0547 e. The number of anilines is 2. The van der Waals surface area contributed by atoms with Crippen molar-refractivity contribution in [2.45, 2.75) is 6.42 Å². The number of nitrogens with zero attached hydrogens (tertiary/aromatic N) is 3. The molecule has 0 aliphatic heterocycles. The fourth-order valence-electron chi connectivity index (χ4n) is 10.2. The van der Waals surface area contributed by atoms with Crippen molar-refractivity contribution in [2.75, 3.05) is 4.90 Å². The van der Waals surface area contributed by atoms with Gasteiger partial charge in [0.25, 0.3) is 0 Å². The highest BCUT2D eigenvalue weighted by Crippen LogP contribution is 2.44. The van der Waals surface area contributed by atoms with Gasteiger partial charge in [0.1, 0.15) is 0 Å². The van der Waals surface area contributed by atoms with E-state index in [0.29, 0.717) is 5.92 Å².